The van der Waals surface area contributed by atoms with Crippen molar-refractivity contribution in [2.75, 3.05) is 0 Å². The van der Waals surface area contributed by atoms with Gasteiger partial charge in [0.05, 0.1) is 6.54 Å². The highest BCUT2D eigenvalue weighted by Crippen LogP contribution is 2.43. The summed E-state index contributed by atoms with van der Waals surface area (Å²) in [5.41, 5.74) is 7.97. The molecule has 7 heteroatoms. The number of hydrogen-bond acceptors (Lipinski definition) is 5. The number of aryl methyl sites for hydroxylation is 2. The van der Waals surface area contributed by atoms with E-state index in [1.54, 1.807) is 0 Å². The molecule has 254 valence electrons. The average Bonchev–Trinajstić information content (AvgIpc) is 3.67. The first-order valence-corrected chi connectivity index (χ1v) is 17.8. The molecule has 0 aliphatic heterocycles. The van der Waals surface area contributed by atoms with Crippen molar-refractivity contribution in [1.29, 1.82) is 0 Å². The van der Waals surface area contributed by atoms with Crippen LogP contribution in [0.2, 0.25) is 0 Å². The molecule has 0 fully saturated rings. The van der Waals surface area contributed by atoms with Gasteiger partial charge < -0.3 is 0 Å². The first-order valence-electron chi connectivity index (χ1n) is 17.8. The molecule has 0 bridgehead atoms. The molecule has 2 heterocycles. The Morgan fingerprint density at radius 2 is 1.22 bits per heavy atom. The van der Waals surface area contributed by atoms with Crippen molar-refractivity contribution in [3.05, 3.63) is 189 Å². The average molecular weight is 671 g/mol. The van der Waals surface area contributed by atoms with Crippen molar-refractivity contribution in [3.63, 3.8) is 0 Å². The van der Waals surface area contributed by atoms with Gasteiger partial charge in [-0.3, -0.25) is 9.36 Å². The molecule has 0 atom stereocenters. The molecule has 0 saturated heterocycles. The van der Waals surface area contributed by atoms with Crippen LogP contribution in [0, 0.1) is 6.92 Å². The van der Waals surface area contributed by atoms with Crippen LogP contribution >= 0.6 is 0 Å². The molecular weight excluding hydrogens is 629 g/mol. The molecule has 7 aromatic rings. The Bertz CT molecular complexity index is 2180. The van der Waals surface area contributed by atoms with E-state index in [0.29, 0.717) is 18.8 Å². The minimum Gasteiger partial charge on any atom is -0.292 e. The molecule has 0 saturated carbocycles. The summed E-state index contributed by atoms with van der Waals surface area (Å²) in [6, 6.07) is 48.1. The third-order valence-electron chi connectivity index (χ3n) is 9.79. The predicted molar refractivity (Wildman–Crippen MR) is 204 cm³/mol. The van der Waals surface area contributed by atoms with E-state index in [0.717, 1.165) is 75.3 Å². The molecule has 0 aliphatic carbocycles. The van der Waals surface area contributed by atoms with Gasteiger partial charge in [-0.25, -0.2) is 9.67 Å². The predicted octanol–water partition coefficient (Wildman–Crippen LogP) is 8.67. The van der Waals surface area contributed by atoms with E-state index in [1.165, 1.54) is 0 Å². The van der Waals surface area contributed by atoms with Gasteiger partial charge in [0.2, 0.25) is 0 Å². The minimum atomic E-state index is -0.859. The summed E-state index contributed by atoms with van der Waals surface area (Å²) in [4.78, 5) is 18.5. The van der Waals surface area contributed by atoms with Crippen molar-refractivity contribution in [2.24, 2.45) is 0 Å². The highest BCUT2D eigenvalue weighted by atomic mass is 16.1. The summed E-state index contributed by atoms with van der Waals surface area (Å²) >= 11 is 0. The Hall–Kier alpha value is -5.95. The van der Waals surface area contributed by atoms with Crippen molar-refractivity contribution >= 4 is 0 Å². The summed E-state index contributed by atoms with van der Waals surface area (Å²) in [6.45, 7) is 6.61. The van der Waals surface area contributed by atoms with E-state index in [2.05, 4.69) is 121 Å². The second kappa shape index (κ2) is 14.9. The van der Waals surface area contributed by atoms with Gasteiger partial charge in [0.25, 0.3) is 5.56 Å². The maximum atomic E-state index is 13.6. The molecule has 0 spiro atoms. The van der Waals surface area contributed by atoms with Crippen LogP contribution in [-0.4, -0.2) is 29.8 Å². The molecule has 5 aromatic carbocycles. The summed E-state index contributed by atoms with van der Waals surface area (Å²) in [6.07, 6.45) is 3.49. The Kier molecular flexibility index (Phi) is 9.79. The summed E-state index contributed by atoms with van der Waals surface area (Å²) in [7, 11) is 0. The van der Waals surface area contributed by atoms with Gasteiger partial charge in [-0.2, -0.15) is 0 Å². The van der Waals surface area contributed by atoms with E-state index in [1.807, 2.05) is 53.4 Å². The molecule has 7 rings (SSSR count). The quantitative estimate of drug-likeness (QED) is 0.122. The zero-order chi connectivity index (χ0) is 35.2. The maximum Gasteiger partial charge on any atom is 0.257 e. The molecule has 0 amide bonds. The molecule has 51 heavy (non-hydrogen) atoms. The van der Waals surface area contributed by atoms with E-state index in [-0.39, 0.29) is 5.56 Å². The SMILES string of the molecule is CCCCc1nc(C)c(CC)c(=O)n1Cc1ccc(-c2ccccc2-c2nnnn2C(c2ccccc2)(c2ccccc2)c2ccccc2)cc1. The molecule has 0 radical (unpaired) electrons. The Morgan fingerprint density at radius 3 is 1.76 bits per heavy atom. The van der Waals surface area contributed by atoms with Gasteiger partial charge in [0, 0.05) is 23.2 Å². The van der Waals surface area contributed by atoms with Gasteiger partial charge in [-0.15, -0.1) is 5.10 Å². The van der Waals surface area contributed by atoms with E-state index in [9.17, 15) is 4.79 Å². The fourth-order valence-corrected chi connectivity index (χ4v) is 7.24. The lowest BCUT2D eigenvalue weighted by atomic mass is 9.77. The fourth-order valence-electron chi connectivity index (χ4n) is 7.24. The summed E-state index contributed by atoms with van der Waals surface area (Å²) in [5.74, 6) is 1.51. The maximum absolute atomic E-state index is 13.6. The third kappa shape index (κ3) is 6.32. The monoisotopic (exact) mass is 670 g/mol. The van der Waals surface area contributed by atoms with Gasteiger partial charge in [0.1, 0.15) is 11.4 Å². The number of hydrogen-bond donors (Lipinski definition) is 0. The molecule has 0 unspecified atom stereocenters. The van der Waals surface area contributed by atoms with Crippen LogP contribution in [0.4, 0.5) is 0 Å². The van der Waals surface area contributed by atoms with Crippen LogP contribution < -0.4 is 5.56 Å². The molecule has 2 aromatic heterocycles. The molecular formula is C44H42N6O. The number of tetrazole rings is 1. The number of unbranched alkanes of at least 4 members (excludes halogenated alkanes) is 1. The highest BCUT2D eigenvalue weighted by Gasteiger charge is 2.42. The van der Waals surface area contributed by atoms with Gasteiger partial charge in [0.15, 0.2) is 5.82 Å². The zero-order valence-corrected chi connectivity index (χ0v) is 29.4. The lowest BCUT2D eigenvalue weighted by molar-refractivity contribution is 0.451. The van der Waals surface area contributed by atoms with Crippen LogP contribution in [0.5, 0.6) is 0 Å². The van der Waals surface area contributed by atoms with Gasteiger partial charge >= 0.3 is 0 Å². The van der Waals surface area contributed by atoms with Crippen molar-refractivity contribution < 1.29 is 0 Å². The van der Waals surface area contributed by atoms with Gasteiger partial charge in [-0.1, -0.05) is 160 Å². The van der Waals surface area contributed by atoms with Crippen LogP contribution in [0.1, 0.15) is 66.0 Å². The summed E-state index contributed by atoms with van der Waals surface area (Å²) < 4.78 is 3.84. The van der Waals surface area contributed by atoms with Crippen molar-refractivity contribution in [3.8, 4) is 22.5 Å². The van der Waals surface area contributed by atoms with E-state index < -0.39 is 5.54 Å². The second-order valence-corrected chi connectivity index (χ2v) is 12.9. The van der Waals surface area contributed by atoms with Crippen LogP contribution in [0.3, 0.4) is 0 Å². The van der Waals surface area contributed by atoms with E-state index >= 15 is 0 Å². The van der Waals surface area contributed by atoms with Crippen molar-refractivity contribution in [1.82, 2.24) is 29.8 Å². The van der Waals surface area contributed by atoms with Crippen molar-refractivity contribution in [2.45, 2.75) is 58.5 Å². The molecule has 0 aliphatic rings. The number of aromatic nitrogens is 6. The first-order chi connectivity index (χ1) is 25.1. The van der Waals surface area contributed by atoms with Crippen LogP contribution in [-0.2, 0) is 24.9 Å². The number of benzene rings is 5. The minimum absolute atomic E-state index is 0.0658. The number of nitrogens with zero attached hydrogens (tertiary/aromatic N) is 6. The largest absolute Gasteiger partial charge is 0.292 e. The smallest absolute Gasteiger partial charge is 0.257 e. The first kappa shape index (κ1) is 33.5. The van der Waals surface area contributed by atoms with Crippen LogP contribution in [0.15, 0.2) is 144 Å². The Morgan fingerprint density at radius 1 is 0.667 bits per heavy atom. The highest BCUT2D eigenvalue weighted by molar-refractivity contribution is 5.81. The Labute approximate surface area is 299 Å². The normalized spacial score (nSPS) is 11.5. The second-order valence-electron chi connectivity index (χ2n) is 12.9. The van der Waals surface area contributed by atoms with E-state index in [4.69, 9.17) is 15.3 Å². The van der Waals surface area contributed by atoms with Crippen LogP contribution in [0.25, 0.3) is 22.5 Å². The Balaban J connectivity index is 1.34. The lowest BCUT2D eigenvalue weighted by Crippen LogP contribution is -2.39. The third-order valence-corrected chi connectivity index (χ3v) is 9.79. The standard InChI is InChI=1S/C44H42N6O/c1-4-6-26-41-45-32(3)38(5-2)43(51)49(41)31-33-27-29-34(30-28-33)39-24-16-17-25-40(39)42-46-47-48-50(42)44(35-18-10-7-11-19-35,36-20-12-8-13-21-36)37-22-14-9-15-23-37/h7-25,27-30H,4-6,26,31H2,1-3H3. The topological polar surface area (TPSA) is 78.5 Å². The molecule has 0 N–H and O–H groups in total. The fraction of sp³-hybridized carbons (Fsp3) is 0.205. The summed E-state index contributed by atoms with van der Waals surface area (Å²) in [5, 5.41) is 13.8. The lowest BCUT2D eigenvalue weighted by Gasteiger charge is -2.36. The number of rotatable bonds is 12. The zero-order valence-electron chi connectivity index (χ0n) is 29.4. The van der Waals surface area contributed by atoms with Gasteiger partial charge in [-0.05, 0) is 63.6 Å². The molecule has 7 nitrogen and oxygen atoms in total.